The first-order valence-corrected chi connectivity index (χ1v) is 21.5. The summed E-state index contributed by atoms with van der Waals surface area (Å²) in [7, 11) is -4.58. The zero-order valence-electron chi connectivity index (χ0n) is 34.3. The Kier molecular flexibility index (Phi) is 16.9. The number of rotatable bonds is 16. The molecule has 0 bridgehead atoms. The molecule has 0 spiro atoms. The van der Waals surface area contributed by atoms with E-state index >= 15 is 17.6 Å². The van der Waals surface area contributed by atoms with Crippen LogP contribution in [0.4, 0.5) is 23.2 Å². The van der Waals surface area contributed by atoms with Crippen LogP contribution in [0.2, 0.25) is 0 Å². The van der Waals surface area contributed by atoms with Gasteiger partial charge in [-0.25, -0.2) is 35.3 Å². The summed E-state index contributed by atoms with van der Waals surface area (Å²) in [5.41, 5.74) is -1.03. The first-order valence-electron chi connectivity index (χ1n) is 19.9. The van der Waals surface area contributed by atoms with Crippen LogP contribution in [0.15, 0.2) is 46.5 Å². The maximum absolute atomic E-state index is 16.0. The Morgan fingerprint density at radius 1 is 0.934 bits per heavy atom. The minimum absolute atomic E-state index is 0. The lowest BCUT2D eigenvalue weighted by molar-refractivity contribution is -0.197. The molecule has 0 N–H and O–H groups in total. The zero-order valence-corrected chi connectivity index (χ0v) is 35.1. The molecule has 1 fully saturated rings. The third-order valence-corrected chi connectivity index (χ3v) is 11.7. The highest BCUT2D eigenvalue weighted by molar-refractivity contribution is 7.85. The molecule has 3 aliphatic heterocycles. The van der Waals surface area contributed by atoms with Gasteiger partial charge in [-0.1, -0.05) is 60.6 Å². The number of imide groups is 1. The normalized spacial score (nSPS) is 17.3. The fourth-order valence-corrected chi connectivity index (χ4v) is 8.26. The number of benzene rings is 2. The van der Waals surface area contributed by atoms with Crippen LogP contribution >= 0.6 is 0 Å². The molecule has 1 aromatic carbocycles. The molecule has 1 saturated heterocycles. The Morgan fingerprint density at radius 2 is 1.57 bits per heavy atom. The average molecular weight is 878 g/mol. The van der Waals surface area contributed by atoms with Crippen LogP contribution in [0.25, 0.3) is 17.4 Å². The van der Waals surface area contributed by atoms with E-state index in [9.17, 15) is 27.4 Å². The largest absolute Gasteiger partial charge is 0.748 e. The third kappa shape index (κ3) is 11.2. The quantitative estimate of drug-likeness (QED) is 0.0263. The van der Waals surface area contributed by atoms with Crippen molar-refractivity contribution in [2.75, 3.05) is 30.3 Å². The molecule has 1 aromatic rings. The molecule has 1 atom stereocenters. The van der Waals surface area contributed by atoms with Crippen LogP contribution in [-0.2, 0) is 40.2 Å². The van der Waals surface area contributed by atoms with Crippen LogP contribution in [0.5, 0.6) is 0 Å². The van der Waals surface area contributed by atoms with E-state index < -0.39 is 73.6 Å². The van der Waals surface area contributed by atoms with Gasteiger partial charge in [-0.2, -0.15) is 0 Å². The molecular formula is C45H59F4N3O8S. The molecular weight excluding hydrogens is 819 g/mol. The molecule has 0 saturated carbocycles. The van der Waals surface area contributed by atoms with Gasteiger partial charge in [-0.3, -0.25) is 9.59 Å². The van der Waals surface area contributed by atoms with E-state index in [1.165, 1.54) is 11.8 Å². The maximum Gasteiger partial charge on any atom is 0.333 e. The first-order chi connectivity index (χ1) is 27.7. The van der Waals surface area contributed by atoms with E-state index in [4.69, 9.17) is 9.25 Å². The Hall–Kier alpha value is -4.83. The Bertz CT molecular complexity index is 2310. The van der Waals surface area contributed by atoms with E-state index in [1.807, 2.05) is 45.0 Å². The third-order valence-electron chi connectivity index (χ3n) is 10.9. The molecule has 4 aliphatic rings. The van der Waals surface area contributed by atoms with Crippen molar-refractivity contribution in [3.05, 3.63) is 87.6 Å². The van der Waals surface area contributed by atoms with Crippen LogP contribution in [0.3, 0.4) is 0 Å². The van der Waals surface area contributed by atoms with E-state index in [1.54, 1.807) is 18.2 Å². The molecule has 61 heavy (non-hydrogen) atoms. The number of hydrogen-bond acceptors (Lipinski definition) is 9. The molecule has 2 amide bonds. The highest BCUT2D eigenvalue weighted by Gasteiger charge is 2.49. The van der Waals surface area contributed by atoms with Gasteiger partial charge in [-0.05, 0) is 70.2 Å². The number of carbonyl (C=O) groups excluding carboxylic acids is 3. The molecule has 0 radical (unpaired) electrons. The number of carbonyl (C=O) groups is 3. The van der Waals surface area contributed by atoms with Crippen molar-refractivity contribution in [3.63, 3.8) is 0 Å². The van der Waals surface area contributed by atoms with Gasteiger partial charge in [0.05, 0.1) is 21.9 Å². The number of unbranched alkanes of at least 4 members (excludes halogenated alkanes) is 3. The SMILES string of the molecule is C.C.CC[N+](CC)=c1ccc2c(C=CC=C3N(CCCCCC(=O)ON4C(=O)CCC4=O)c4c(F)c(F)c(F)c(F)c4C3(C)CCCCS(=O)(=O)[O-])cc(C(C)(C)C)oc-2c1. The lowest BCUT2D eigenvalue weighted by atomic mass is 9.76. The summed E-state index contributed by atoms with van der Waals surface area (Å²) >= 11 is 0. The molecule has 3 heterocycles. The van der Waals surface area contributed by atoms with Gasteiger partial charge in [0.1, 0.15) is 24.6 Å². The maximum atomic E-state index is 16.0. The smallest absolute Gasteiger partial charge is 0.333 e. The number of nitrogens with zero attached hydrogens (tertiary/aromatic N) is 3. The summed E-state index contributed by atoms with van der Waals surface area (Å²) in [6.07, 6.45) is 5.49. The van der Waals surface area contributed by atoms with Crippen LogP contribution in [0, 0.1) is 23.3 Å². The van der Waals surface area contributed by atoms with Crippen molar-refractivity contribution in [1.29, 1.82) is 0 Å². The summed E-state index contributed by atoms with van der Waals surface area (Å²) in [6.45, 7) is 13.2. The lowest BCUT2D eigenvalue weighted by Gasteiger charge is -2.30. The number of allylic oxidation sites excluding steroid dienone is 3. The van der Waals surface area contributed by atoms with Crippen molar-refractivity contribution in [3.8, 4) is 11.3 Å². The molecule has 1 unspecified atom stereocenters. The van der Waals surface area contributed by atoms with Crippen LogP contribution in [-0.4, -0.2) is 61.2 Å². The summed E-state index contributed by atoms with van der Waals surface area (Å²) in [5.74, 6) is -8.56. The van der Waals surface area contributed by atoms with Gasteiger partial charge in [0.15, 0.2) is 23.3 Å². The molecule has 11 nitrogen and oxygen atoms in total. The number of fused-ring (bicyclic) bond motifs is 2. The Balaban J connectivity index is 0.00000496. The number of amides is 2. The fraction of sp³-hybridized carbons (Fsp3) is 0.511. The minimum Gasteiger partial charge on any atom is -0.748 e. The second-order valence-corrected chi connectivity index (χ2v) is 17.6. The summed E-state index contributed by atoms with van der Waals surface area (Å²) in [4.78, 5) is 42.3. The molecule has 336 valence electrons. The predicted molar refractivity (Wildman–Crippen MR) is 226 cm³/mol. The van der Waals surface area contributed by atoms with Gasteiger partial charge in [0.25, 0.3) is 11.8 Å². The summed E-state index contributed by atoms with van der Waals surface area (Å²) < 4.78 is 105. The van der Waals surface area contributed by atoms with Crippen molar-refractivity contribution < 1.29 is 54.2 Å². The molecule has 1 aliphatic carbocycles. The monoisotopic (exact) mass is 877 g/mol. The van der Waals surface area contributed by atoms with Crippen molar-refractivity contribution in [2.24, 2.45) is 0 Å². The number of hydrogen-bond donors (Lipinski definition) is 0. The predicted octanol–water partition coefficient (Wildman–Crippen LogP) is 8.88. The fourth-order valence-electron chi connectivity index (χ4n) is 7.70. The van der Waals surface area contributed by atoms with Crippen molar-refractivity contribution in [1.82, 2.24) is 9.64 Å². The minimum atomic E-state index is -4.58. The van der Waals surface area contributed by atoms with E-state index in [0.717, 1.165) is 29.6 Å². The lowest BCUT2D eigenvalue weighted by Crippen LogP contribution is -2.32. The van der Waals surface area contributed by atoms with Gasteiger partial charge >= 0.3 is 5.97 Å². The summed E-state index contributed by atoms with van der Waals surface area (Å²) in [5, 5.41) is 1.43. The highest BCUT2D eigenvalue weighted by Crippen LogP contribution is 2.54. The standard InChI is InChI=1S/C43H51F4N3O8S.2CH4/c1-7-48(8-2)28-18-19-29-27(25-32(42(3,4)5)57-30(29)26-28)15-14-16-31-43(6,22-11-13-24-59(54,55)56)36-37(44)38(45)39(46)40(47)41(36)49(31)23-12-9-10-17-35(53)58-50-33(51)20-21-34(50)52;;/h14-16,18-19,25-26H,7-13,17,20-24H2,1-6H3;2*1H4. The van der Waals surface area contributed by atoms with E-state index in [2.05, 4.69) is 18.4 Å². The zero-order chi connectivity index (χ0) is 43.4. The summed E-state index contributed by atoms with van der Waals surface area (Å²) in [6, 6.07) is 7.82. The highest BCUT2D eigenvalue weighted by atomic mass is 32.2. The Labute approximate surface area is 356 Å². The second kappa shape index (κ2) is 20.4. The number of halogens is 4. The van der Waals surface area contributed by atoms with Gasteiger partial charge in [0.2, 0.25) is 5.36 Å². The van der Waals surface area contributed by atoms with E-state index in [0.29, 0.717) is 23.0 Å². The number of anilines is 1. The molecule has 5 rings (SSSR count). The topological polar surface area (TPSA) is 140 Å². The Morgan fingerprint density at radius 3 is 2.18 bits per heavy atom. The second-order valence-electron chi connectivity index (χ2n) is 16.1. The van der Waals surface area contributed by atoms with E-state index in [-0.39, 0.29) is 83.9 Å². The van der Waals surface area contributed by atoms with Crippen LogP contribution < -0.4 is 14.8 Å². The first kappa shape index (κ1) is 50.5. The average Bonchev–Trinajstić information content (AvgIpc) is 3.61. The van der Waals surface area contributed by atoms with Gasteiger partial charge < -0.3 is 18.7 Å². The van der Waals surface area contributed by atoms with Crippen LogP contribution in [0.1, 0.15) is 131 Å². The van der Waals surface area contributed by atoms with Gasteiger partial charge in [0, 0.05) is 65.3 Å². The van der Waals surface area contributed by atoms with Gasteiger partial charge in [-0.15, -0.1) is 5.06 Å². The number of hydroxylamine groups is 2. The molecule has 16 heteroatoms. The van der Waals surface area contributed by atoms with Crippen molar-refractivity contribution >= 4 is 39.7 Å². The molecule has 0 aromatic heterocycles. The van der Waals surface area contributed by atoms with Crippen molar-refractivity contribution in [2.45, 2.75) is 125 Å².